The molecule has 2 aromatic carbocycles. The number of rotatable bonds is 6. The minimum Gasteiger partial charge on any atom is -0.380 e. The second kappa shape index (κ2) is 8.67. The van der Waals surface area contributed by atoms with E-state index in [9.17, 15) is 9.59 Å². The van der Waals surface area contributed by atoms with Crippen molar-refractivity contribution in [3.05, 3.63) is 65.2 Å². The zero-order valence-corrected chi connectivity index (χ0v) is 14.3. The van der Waals surface area contributed by atoms with Crippen molar-refractivity contribution >= 4 is 17.5 Å². The van der Waals surface area contributed by atoms with Gasteiger partial charge < -0.3 is 10.1 Å². The first kappa shape index (κ1) is 18.2. The number of carbonyl (C=O) groups excluding carboxylic acids is 2. The molecule has 0 aliphatic heterocycles. The molecule has 0 aliphatic carbocycles. The Morgan fingerprint density at radius 2 is 1.92 bits per heavy atom. The SMILES string of the molecule is C#Cc1cccc(N(CC(=O)NC)C(=O)c2ccc(COC)cc2)c1. The Balaban J connectivity index is 2.35. The standard InChI is InChI=1S/C20H20N2O3/c1-4-15-6-5-7-18(12-15)22(13-19(23)21-2)20(24)17-10-8-16(9-11-17)14-25-3/h1,5-12H,13-14H2,2-3H3,(H,21,23). The zero-order chi connectivity index (χ0) is 18.2. The molecule has 0 unspecified atom stereocenters. The van der Waals surface area contributed by atoms with Gasteiger partial charge in [0.15, 0.2) is 0 Å². The fourth-order valence-electron chi connectivity index (χ4n) is 2.33. The zero-order valence-electron chi connectivity index (χ0n) is 14.3. The highest BCUT2D eigenvalue weighted by Gasteiger charge is 2.20. The van der Waals surface area contributed by atoms with Gasteiger partial charge in [-0.3, -0.25) is 14.5 Å². The third kappa shape index (κ3) is 4.69. The van der Waals surface area contributed by atoms with Crippen molar-refractivity contribution < 1.29 is 14.3 Å². The highest BCUT2D eigenvalue weighted by atomic mass is 16.5. The number of hydrogen-bond donors (Lipinski definition) is 1. The molecule has 2 rings (SSSR count). The van der Waals surface area contributed by atoms with Gasteiger partial charge in [-0.05, 0) is 35.9 Å². The summed E-state index contributed by atoms with van der Waals surface area (Å²) in [6.45, 7) is 0.379. The summed E-state index contributed by atoms with van der Waals surface area (Å²) in [6.07, 6.45) is 5.43. The molecule has 25 heavy (non-hydrogen) atoms. The molecule has 0 fully saturated rings. The summed E-state index contributed by atoms with van der Waals surface area (Å²) in [5.74, 6) is 1.99. The molecular formula is C20H20N2O3. The lowest BCUT2D eigenvalue weighted by molar-refractivity contribution is -0.119. The number of nitrogens with one attached hydrogen (secondary N) is 1. The van der Waals surface area contributed by atoms with Crippen molar-refractivity contribution in [3.63, 3.8) is 0 Å². The van der Waals surface area contributed by atoms with Gasteiger partial charge in [0.2, 0.25) is 5.91 Å². The monoisotopic (exact) mass is 336 g/mol. The van der Waals surface area contributed by atoms with Crippen molar-refractivity contribution in [2.75, 3.05) is 25.6 Å². The van der Waals surface area contributed by atoms with Crippen molar-refractivity contribution in [3.8, 4) is 12.3 Å². The molecule has 0 aliphatic rings. The number of methoxy groups -OCH3 is 1. The number of ether oxygens (including phenoxy) is 1. The number of terminal acetylenes is 1. The van der Waals surface area contributed by atoms with E-state index in [1.54, 1.807) is 43.5 Å². The van der Waals surface area contributed by atoms with Crippen LogP contribution in [0.4, 0.5) is 5.69 Å². The largest absolute Gasteiger partial charge is 0.380 e. The van der Waals surface area contributed by atoms with E-state index in [4.69, 9.17) is 11.2 Å². The summed E-state index contributed by atoms with van der Waals surface area (Å²) in [5, 5.41) is 2.54. The lowest BCUT2D eigenvalue weighted by atomic mass is 10.1. The second-order valence-corrected chi connectivity index (χ2v) is 5.39. The van der Waals surface area contributed by atoms with Gasteiger partial charge in [-0.1, -0.05) is 24.1 Å². The van der Waals surface area contributed by atoms with Crippen LogP contribution >= 0.6 is 0 Å². The number of amides is 2. The van der Waals surface area contributed by atoms with Crippen LogP contribution in [0.15, 0.2) is 48.5 Å². The van der Waals surface area contributed by atoms with Crippen LogP contribution in [0.25, 0.3) is 0 Å². The van der Waals surface area contributed by atoms with Gasteiger partial charge in [0.25, 0.3) is 5.91 Å². The third-order valence-electron chi connectivity index (χ3n) is 3.66. The summed E-state index contributed by atoms with van der Waals surface area (Å²) in [5.41, 5.74) is 2.66. The van der Waals surface area contributed by atoms with Crippen molar-refractivity contribution in [1.82, 2.24) is 5.32 Å². The highest BCUT2D eigenvalue weighted by Crippen LogP contribution is 2.19. The Hall–Kier alpha value is -3.10. The van der Waals surface area contributed by atoms with Crippen molar-refractivity contribution in [1.29, 1.82) is 0 Å². The predicted molar refractivity (Wildman–Crippen MR) is 97.3 cm³/mol. The molecule has 5 heteroatoms. The smallest absolute Gasteiger partial charge is 0.258 e. The van der Waals surface area contributed by atoms with Gasteiger partial charge in [0.05, 0.1) is 6.61 Å². The van der Waals surface area contributed by atoms with E-state index in [2.05, 4.69) is 11.2 Å². The molecule has 0 saturated heterocycles. The summed E-state index contributed by atoms with van der Waals surface area (Å²) < 4.78 is 5.07. The number of anilines is 1. The first-order chi connectivity index (χ1) is 12.1. The van der Waals surface area contributed by atoms with Crippen LogP contribution in [0, 0.1) is 12.3 Å². The topological polar surface area (TPSA) is 58.6 Å². The molecule has 5 nitrogen and oxygen atoms in total. The third-order valence-corrected chi connectivity index (χ3v) is 3.66. The van der Waals surface area contributed by atoms with Crippen molar-refractivity contribution in [2.45, 2.75) is 6.61 Å². The summed E-state index contributed by atoms with van der Waals surface area (Å²) in [7, 11) is 3.14. The number of carbonyl (C=O) groups is 2. The Morgan fingerprint density at radius 1 is 1.20 bits per heavy atom. The minimum atomic E-state index is -0.276. The molecule has 2 amide bonds. The summed E-state index contributed by atoms with van der Waals surface area (Å²) in [4.78, 5) is 26.2. The van der Waals surface area contributed by atoms with E-state index in [0.29, 0.717) is 23.4 Å². The summed E-state index contributed by atoms with van der Waals surface area (Å²) in [6, 6.07) is 14.1. The van der Waals surface area contributed by atoms with Gasteiger partial charge in [-0.15, -0.1) is 6.42 Å². The second-order valence-electron chi connectivity index (χ2n) is 5.39. The molecule has 0 atom stereocenters. The molecule has 0 aromatic heterocycles. The van der Waals surface area contributed by atoms with E-state index in [0.717, 1.165) is 5.56 Å². The Morgan fingerprint density at radius 3 is 2.52 bits per heavy atom. The van der Waals surface area contributed by atoms with Gasteiger partial charge in [-0.2, -0.15) is 0 Å². The first-order valence-corrected chi connectivity index (χ1v) is 7.76. The molecular weight excluding hydrogens is 316 g/mol. The Bertz CT molecular complexity index is 791. The Labute approximate surface area is 147 Å². The molecule has 0 bridgehead atoms. The average molecular weight is 336 g/mol. The maximum atomic E-state index is 12.9. The van der Waals surface area contributed by atoms with Crippen LogP contribution in [-0.4, -0.2) is 32.5 Å². The maximum absolute atomic E-state index is 12.9. The number of hydrogen-bond acceptors (Lipinski definition) is 3. The molecule has 0 saturated carbocycles. The number of nitrogens with zero attached hydrogens (tertiary/aromatic N) is 1. The summed E-state index contributed by atoms with van der Waals surface area (Å²) >= 11 is 0. The Kier molecular flexibility index (Phi) is 6.33. The van der Waals surface area contributed by atoms with Crippen LogP contribution < -0.4 is 10.2 Å². The van der Waals surface area contributed by atoms with Crippen LogP contribution in [0.2, 0.25) is 0 Å². The minimum absolute atomic E-state index is 0.0941. The van der Waals surface area contributed by atoms with Gasteiger partial charge in [0, 0.05) is 31.0 Å². The normalized spacial score (nSPS) is 9.96. The fraction of sp³-hybridized carbons (Fsp3) is 0.200. The van der Waals surface area contributed by atoms with E-state index < -0.39 is 0 Å². The quantitative estimate of drug-likeness (QED) is 0.823. The van der Waals surface area contributed by atoms with Gasteiger partial charge in [-0.25, -0.2) is 0 Å². The van der Waals surface area contributed by atoms with Crippen LogP contribution in [0.3, 0.4) is 0 Å². The fourth-order valence-corrected chi connectivity index (χ4v) is 2.33. The average Bonchev–Trinajstić information content (AvgIpc) is 2.66. The van der Waals surface area contributed by atoms with Crippen LogP contribution in [-0.2, 0) is 16.1 Å². The molecule has 0 spiro atoms. The van der Waals surface area contributed by atoms with Gasteiger partial charge >= 0.3 is 0 Å². The van der Waals surface area contributed by atoms with Crippen LogP contribution in [0.5, 0.6) is 0 Å². The lowest BCUT2D eigenvalue weighted by Crippen LogP contribution is -2.39. The molecule has 128 valence electrons. The number of likely N-dealkylation sites (N-methyl/N-ethyl adjacent to an activating group) is 1. The molecule has 0 heterocycles. The maximum Gasteiger partial charge on any atom is 0.258 e. The van der Waals surface area contributed by atoms with E-state index in [-0.39, 0.29) is 18.4 Å². The van der Waals surface area contributed by atoms with E-state index >= 15 is 0 Å². The molecule has 0 radical (unpaired) electrons. The molecule has 1 N–H and O–H groups in total. The first-order valence-electron chi connectivity index (χ1n) is 7.76. The van der Waals surface area contributed by atoms with E-state index in [1.807, 2.05) is 12.1 Å². The lowest BCUT2D eigenvalue weighted by Gasteiger charge is -2.22. The van der Waals surface area contributed by atoms with Crippen LogP contribution in [0.1, 0.15) is 21.5 Å². The predicted octanol–water partition coefficient (Wildman–Crippen LogP) is 2.21. The number of benzene rings is 2. The highest BCUT2D eigenvalue weighted by molar-refractivity contribution is 6.08. The van der Waals surface area contributed by atoms with Gasteiger partial charge in [0.1, 0.15) is 6.54 Å². The van der Waals surface area contributed by atoms with Crippen molar-refractivity contribution in [2.24, 2.45) is 0 Å². The van der Waals surface area contributed by atoms with E-state index in [1.165, 1.54) is 11.9 Å². The molecule has 2 aromatic rings.